The fourth-order valence-corrected chi connectivity index (χ4v) is 2.40. The van der Waals surface area contributed by atoms with Gasteiger partial charge >= 0.3 is 5.97 Å². The van der Waals surface area contributed by atoms with Gasteiger partial charge in [0.1, 0.15) is 0 Å². The Bertz CT molecular complexity index is 804. The van der Waals surface area contributed by atoms with Crippen LogP contribution in [0.4, 0.5) is 11.4 Å². The minimum absolute atomic E-state index is 0.0936. The molecule has 0 unspecified atom stereocenters. The molecule has 1 amide bonds. The number of ether oxygens (including phenoxy) is 1. The van der Waals surface area contributed by atoms with Crippen LogP contribution in [0.15, 0.2) is 42.5 Å². The van der Waals surface area contributed by atoms with Gasteiger partial charge in [0.2, 0.25) is 0 Å². The van der Waals surface area contributed by atoms with E-state index in [1.165, 1.54) is 49.4 Å². The number of carbonyl (C=O) groups is 2. The lowest BCUT2D eigenvalue weighted by atomic mass is 10.2. The molecule has 2 aromatic carbocycles. The Kier molecular flexibility index (Phi) is 5.95. The zero-order valence-corrected chi connectivity index (χ0v) is 14.4. The predicted octanol–water partition coefficient (Wildman–Crippen LogP) is 4.09. The molecule has 0 fully saturated rings. The molecule has 25 heavy (non-hydrogen) atoms. The molecule has 2 rings (SSSR count). The Balaban J connectivity index is 2.00. The third-order valence-corrected chi connectivity index (χ3v) is 3.53. The summed E-state index contributed by atoms with van der Waals surface area (Å²) in [5, 5.41) is 13.8. The van der Waals surface area contributed by atoms with Gasteiger partial charge in [-0.05, 0) is 37.3 Å². The van der Waals surface area contributed by atoms with Crippen molar-refractivity contribution < 1.29 is 19.2 Å². The standard InChI is InChI=1S/C16H12Cl2N2O5/c1-9(15(21)19-13-7-11(17)6-12(18)8-13)25-16(22)10-2-4-14(5-3-10)20(23)24/h2-9H,1H3,(H,19,21)/t9-/m0/s1. The van der Waals surface area contributed by atoms with Crippen molar-refractivity contribution in [2.75, 3.05) is 5.32 Å². The highest BCUT2D eigenvalue weighted by Crippen LogP contribution is 2.22. The first-order valence-corrected chi connectivity index (χ1v) is 7.74. The first kappa shape index (κ1) is 18.7. The van der Waals surface area contributed by atoms with Crippen molar-refractivity contribution in [2.45, 2.75) is 13.0 Å². The Morgan fingerprint density at radius 1 is 1.12 bits per heavy atom. The number of hydrogen-bond donors (Lipinski definition) is 1. The molecular weight excluding hydrogens is 371 g/mol. The number of amides is 1. The molecular formula is C16H12Cl2N2O5. The maximum atomic E-state index is 12.1. The van der Waals surface area contributed by atoms with E-state index in [0.717, 1.165) is 0 Å². The lowest BCUT2D eigenvalue weighted by Crippen LogP contribution is -2.30. The highest BCUT2D eigenvalue weighted by Gasteiger charge is 2.20. The van der Waals surface area contributed by atoms with Crippen LogP contribution in [0.2, 0.25) is 10.0 Å². The van der Waals surface area contributed by atoms with E-state index in [9.17, 15) is 19.7 Å². The molecule has 1 atom stereocenters. The van der Waals surface area contributed by atoms with Crippen molar-refractivity contribution in [3.05, 3.63) is 68.2 Å². The number of nitro groups is 1. The van der Waals surface area contributed by atoms with Crippen LogP contribution in [0, 0.1) is 10.1 Å². The summed E-state index contributed by atoms with van der Waals surface area (Å²) in [6, 6.07) is 9.36. The number of nitrogens with one attached hydrogen (secondary N) is 1. The molecule has 0 aliphatic carbocycles. The number of halogens is 2. The van der Waals surface area contributed by atoms with Crippen LogP contribution in [0.3, 0.4) is 0 Å². The Hall–Kier alpha value is -2.64. The molecule has 0 aliphatic rings. The van der Waals surface area contributed by atoms with Gasteiger partial charge in [-0.25, -0.2) is 4.79 Å². The topological polar surface area (TPSA) is 98.5 Å². The van der Waals surface area contributed by atoms with Gasteiger partial charge in [-0.1, -0.05) is 23.2 Å². The molecule has 0 spiro atoms. The summed E-state index contributed by atoms with van der Waals surface area (Å²) < 4.78 is 5.04. The van der Waals surface area contributed by atoms with Crippen LogP contribution in [0.25, 0.3) is 0 Å². The van der Waals surface area contributed by atoms with Crippen molar-refractivity contribution in [3.8, 4) is 0 Å². The SMILES string of the molecule is C[C@H](OC(=O)c1ccc([N+](=O)[O-])cc1)C(=O)Nc1cc(Cl)cc(Cl)c1. The van der Waals surface area contributed by atoms with E-state index < -0.39 is 22.9 Å². The van der Waals surface area contributed by atoms with Gasteiger partial charge in [0, 0.05) is 27.9 Å². The number of rotatable bonds is 5. The van der Waals surface area contributed by atoms with Crippen LogP contribution in [-0.2, 0) is 9.53 Å². The van der Waals surface area contributed by atoms with E-state index in [-0.39, 0.29) is 11.3 Å². The van der Waals surface area contributed by atoms with Gasteiger partial charge in [-0.15, -0.1) is 0 Å². The molecule has 0 radical (unpaired) electrons. The van der Waals surface area contributed by atoms with Crippen molar-refractivity contribution in [2.24, 2.45) is 0 Å². The lowest BCUT2D eigenvalue weighted by Gasteiger charge is -2.14. The first-order chi connectivity index (χ1) is 11.8. The zero-order chi connectivity index (χ0) is 18.6. The summed E-state index contributed by atoms with van der Waals surface area (Å²) in [5.41, 5.74) is 0.303. The quantitative estimate of drug-likeness (QED) is 0.477. The highest BCUT2D eigenvalue weighted by atomic mass is 35.5. The van der Waals surface area contributed by atoms with Crippen LogP contribution >= 0.6 is 23.2 Å². The molecule has 9 heteroatoms. The van der Waals surface area contributed by atoms with Gasteiger partial charge < -0.3 is 10.1 Å². The monoisotopic (exact) mass is 382 g/mol. The molecule has 0 aromatic heterocycles. The largest absolute Gasteiger partial charge is 0.449 e. The van der Waals surface area contributed by atoms with Crippen molar-refractivity contribution in [3.63, 3.8) is 0 Å². The summed E-state index contributed by atoms with van der Waals surface area (Å²) in [6.45, 7) is 1.39. The van der Waals surface area contributed by atoms with E-state index >= 15 is 0 Å². The van der Waals surface area contributed by atoms with E-state index in [4.69, 9.17) is 27.9 Å². The molecule has 0 aliphatic heterocycles. The highest BCUT2D eigenvalue weighted by molar-refractivity contribution is 6.35. The van der Waals surface area contributed by atoms with Crippen LogP contribution in [0.1, 0.15) is 17.3 Å². The van der Waals surface area contributed by atoms with E-state index in [2.05, 4.69) is 5.32 Å². The number of benzene rings is 2. The number of nitrogens with zero attached hydrogens (tertiary/aromatic N) is 1. The minimum Gasteiger partial charge on any atom is -0.449 e. The van der Waals surface area contributed by atoms with Gasteiger partial charge in [-0.3, -0.25) is 14.9 Å². The van der Waals surface area contributed by atoms with Crippen molar-refractivity contribution in [1.29, 1.82) is 0 Å². The number of anilines is 1. The van der Waals surface area contributed by atoms with Crippen molar-refractivity contribution >= 4 is 46.5 Å². The fourth-order valence-electron chi connectivity index (χ4n) is 1.87. The molecule has 0 saturated heterocycles. The van der Waals surface area contributed by atoms with Gasteiger partial charge in [0.05, 0.1) is 10.5 Å². The molecule has 7 nitrogen and oxygen atoms in total. The average molecular weight is 383 g/mol. The van der Waals surface area contributed by atoms with Crippen molar-refractivity contribution in [1.82, 2.24) is 0 Å². The molecule has 0 saturated carbocycles. The number of hydrogen-bond acceptors (Lipinski definition) is 5. The van der Waals surface area contributed by atoms with Crippen LogP contribution in [-0.4, -0.2) is 22.9 Å². The van der Waals surface area contributed by atoms with Crippen LogP contribution in [0.5, 0.6) is 0 Å². The van der Waals surface area contributed by atoms with Gasteiger partial charge in [0.15, 0.2) is 6.10 Å². The fraction of sp³-hybridized carbons (Fsp3) is 0.125. The Morgan fingerprint density at radius 3 is 2.20 bits per heavy atom. The van der Waals surface area contributed by atoms with E-state index in [0.29, 0.717) is 15.7 Å². The van der Waals surface area contributed by atoms with E-state index in [1.54, 1.807) is 0 Å². The second kappa shape index (κ2) is 7.96. The maximum Gasteiger partial charge on any atom is 0.338 e. The molecule has 0 heterocycles. The predicted molar refractivity (Wildman–Crippen MR) is 93.1 cm³/mol. The molecule has 0 bridgehead atoms. The summed E-state index contributed by atoms with van der Waals surface area (Å²) in [6.07, 6.45) is -1.10. The summed E-state index contributed by atoms with van der Waals surface area (Å²) in [4.78, 5) is 34.1. The van der Waals surface area contributed by atoms with Crippen LogP contribution < -0.4 is 5.32 Å². The summed E-state index contributed by atoms with van der Waals surface area (Å²) >= 11 is 11.7. The smallest absolute Gasteiger partial charge is 0.338 e. The summed E-state index contributed by atoms with van der Waals surface area (Å²) in [5.74, 6) is -1.35. The Labute approximate surface area is 152 Å². The number of nitro benzene ring substituents is 1. The maximum absolute atomic E-state index is 12.1. The lowest BCUT2D eigenvalue weighted by molar-refractivity contribution is -0.384. The second-order valence-electron chi connectivity index (χ2n) is 5.00. The third-order valence-electron chi connectivity index (χ3n) is 3.10. The zero-order valence-electron chi connectivity index (χ0n) is 12.9. The Morgan fingerprint density at radius 2 is 1.68 bits per heavy atom. The normalized spacial score (nSPS) is 11.5. The molecule has 1 N–H and O–H groups in total. The average Bonchev–Trinajstić information content (AvgIpc) is 2.53. The number of non-ortho nitro benzene ring substituents is 1. The first-order valence-electron chi connectivity index (χ1n) is 6.98. The molecule has 130 valence electrons. The van der Waals surface area contributed by atoms with Gasteiger partial charge in [-0.2, -0.15) is 0 Å². The van der Waals surface area contributed by atoms with E-state index in [1.807, 2.05) is 0 Å². The summed E-state index contributed by atoms with van der Waals surface area (Å²) in [7, 11) is 0. The third kappa shape index (κ3) is 5.17. The minimum atomic E-state index is -1.10. The second-order valence-corrected chi connectivity index (χ2v) is 5.87. The van der Waals surface area contributed by atoms with Gasteiger partial charge in [0.25, 0.3) is 11.6 Å². The number of esters is 1. The number of carbonyl (C=O) groups excluding carboxylic acids is 2. The molecule has 2 aromatic rings.